The molecular weight excluding hydrogens is 336 g/mol. The lowest BCUT2D eigenvalue weighted by atomic mass is 10.2. The zero-order valence-corrected chi connectivity index (χ0v) is 15.3. The van der Waals surface area contributed by atoms with Crippen molar-refractivity contribution < 1.29 is 9.47 Å². The van der Waals surface area contributed by atoms with E-state index in [-0.39, 0.29) is 11.7 Å². The molecule has 9 nitrogen and oxygen atoms in total. The summed E-state index contributed by atoms with van der Waals surface area (Å²) >= 11 is 0. The Balaban J connectivity index is 1.68. The lowest BCUT2D eigenvalue weighted by Crippen LogP contribution is -2.48. The van der Waals surface area contributed by atoms with Crippen molar-refractivity contribution >= 4 is 11.6 Å². The molecule has 1 aliphatic rings. The van der Waals surface area contributed by atoms with Gasteiger partial charge in [0.05, 0.1) is 19.3 Å². The third-order valence-electron chi connectivity index (χ3n) is 4.22. The summed E-state index contributed by atoms with van der Waals surface area (Å²) in [5.41, 5.74) is -0.125. The van der Waals surface area contributed by atoms with E-state index in [9.17, 15) is 4.79 Å². The van der Waals surface area contributed by atoms with E-state index >= 15 is 0 Å². The van der Waals surface area contributed by atoms with Crippen molar-refractivity contribution in [3.63, 3.8) is 0 Å². The number of aromatic nitrogens is 4. The normalized spacial score (nSPS) is 17.2. The van der Waals surface area contributed by atoms with Crippen LogP contribution in [0.15, 0.2) is 29.6 Å². The molecule has 26 heavy (non-hydrogen) atoms. The van der Waals surface area contributed by atoms with Crippen molar-refractivity contribution in [2.75, 3.05) is 49.7 Å². The Kier molecular flexibility index (Phi) is 5.67. The van der Waals surface area contributed by atoms with Gasteiger partial charge in [0.2, 0.25) is 5.88 Å². The minimum atomic E-state index is -0.125. The van der Waals surface area contributed by atoms with Gasteiger partial charge in [-0.1, -0.05) is 0 Å². The number of aryl methyl sites for hydroxylation is 1. The van der Waals surface area contributed by atoms with E-state index in [2.05, 4.69) is 19.9 Å². The van der Waals surface area contributed by atoms with Gasteiger partial charge in [-0.05, 0) is 6.92 Å². The molecule has 2 aromatic heterocycles. The molecule has 0 bridgehead atoms. The standard InChI is InChI=1S/C17H24N6O3/c1-4-25-15-9-14(19-12-20-15)23-7-8-26-13(11-23)10-22(3)16-17(24)21(2)6-5-18-16/h5-6,9,12-13H,4,7-8,10-11H2,1-3H3. The van der Waals surface area contributed by atoms with Crippen LogP contribution in [-0.4, -0.2) is 65.5 Å². The molecule has 0 spiro atoms. The molecule has 2 aromatic rings. The van der Waals surface area contributed by atoms with E-state index < -0.39 is 0 Å². The van der Waals surface area contributed by atoms with Crippen LogP contribution in [0.4, 0.5) is 11.6 Å². The fourth-order valence-electron chi connectivity index (χ4n) is 2.91. The number of morpholine rings is 1. The van der Waals surface area contributed by atoms with Crippen LogP contribution in [-0.2, 0) is 11.8 Å². The molecule has 3 heterocycles. The van der Waals surface area contributed by atoms with Crippen LogP contribution in [0.25, 0.3) is 0 Å². The van der Waals surface area contributed by atoms with Gasteiger partial charge in [0.1, 0.15) is 12.1 Å². The molecule has 0 aliphatic carbocycles. The number of likely N-dealkylation sites (N-methyl/N-ethyl adjacent to an activating group) is 1. The summed E-state index contributed by atoms with van der Waals surface area (Å²) in [7, 11) is 3.56. The lowest BCUT2D eigenvalue weighted by Gasteiger charge is -2.35. The molecule has 1 fully saturated rings. The zero-order chi connectivity index (χ0) is 18.5. The number of ether oxygens (including phenoxy) is 2. The zero-order valence-electron chi connectivity index (χ0n) is 15.3. The molecule has 1 saturated heterocycles. The van der Waals surface area contributed by atoms with Gasteiger partial charge < -0.3 is 23.8 Å². The van der Waals surface area contributed by atoms with Crippen LogP contribution in [0.2, 0.25) is 0 Å². The summed E-state index contributed by atoms with van der Waals surface area (Å²) < 4.78 is 12.8. The Morgan fingerprint density at radius 2 is 2.23 bits per heavy atom. The highest BCUT2D eigenvalue weighted by Crippen LogP contribution is 2.19. The van der Waals surface area contributed by atoms with Gasteiger partial charge in [-0.15, -0.1) is 0 Å². The highest BCUT2D eigenvalue weighted by Gasteiger charge is 2.24. The quantitative estimate of drug-likeness (QED) is 0.728. The third kappa shape index (κ3) is 4.10. The summed E-state index contributed by atoms with van der Waals surface area (Å²) in [6.45, 7) is 5.05. The number of rotatable bonds is 6. The highest BCUT2D eigenvalue weighted by atomic mass is 16.5. The molecule has 1 unspecified atom stereocenters. The Labute approximate surface area is 152 Å². The van der Waals surface area contributed by atoms with Gasteiger partial charge in [0.25, 0.3) is 5.56 Å². The molecule has 0 radical (unpaired) electrons. The minimum absolute atomic E-state index is 0.0639. The number of nitrogens with zero attached hydrogens (tertiary/aromatic N) is 6. The molecular formula is C17H24N6O3. The van der Waals surface area contributed by atoms with E-state index in [4.69, 9.17) is 9.47 Å². The largest absolute Gasteiger partial charge is 0.478 e. The third-order valence-corrected chi connectivity index (χ3v) is 4.22. The summed E-state index contributed by atoms with van der Waals surface area (Å²) in [6, 6.07) is 1.84. The fraction of sp³-hybridized carbons (Fsp3) is 0.529. The molecule has 9 heteroatoms. The van der Waals surface area contributed by atoms with Crippen molar-refractivity contribution in [1.82, 2.24) is 19.5 Å². The van der Waals surface area contributed by atoms with Crippen molar-refractivity contribution in [1.29, 1.82) is 0 Å². The smallest absolute Gasteiger partial charge is 0.293 e. The average Bonchev–Trinajstić information content (AvgIpc) is 2.65. The Bertz CT molecular complexity index is 796. The van der Waals surface area contributed by atoms with Crippen LogP contribution < -0.4 is 20.1 Å². The van der Waals surface area contributed by atoms with Crippen molar-refractivity contribution in [3.8, 4) is 5.88 Å². The first-order valence-electron chi connectivity index (χ1n) is 8.62. The van der Waals surface area contributed by atoms with Gasteiger partial charge in [0, 0.05) is 52.2 Å². The van der Waals surface area contributed by atoms with Gasteiger partial charge in [-0.3, -0.25) is 4.79 Å². The van der Waals surface area contributed by atoms with Crippen LogP contribution in [0.5, 0.6) is 5.88 Å². The Hall–Kier alpha value is -2.68. The molecule has 0 amide bonds. The molecule has 1 aliphatic heterocycles. The fourth-order valence-corrected chi connectivity index (χ4v) is 2.91. The van der Waals surface area contributed by atoms with Crippen molar-refractivity contribution in [3.05, 3.63) is 35.1 Å². The highest BCUT2D eigenvalue weighted by molar-refractivity contribution is 5.42. The average molecular weight is 360 g/mol. The molecule has 140 valence electrons. The van der Waals surface area contributed by atoms with E-state index in [1.54, 1.807) is 19.4 Å². The summed E-state index contributed by atoms with van der Waals surface area (Å²) in [5.74, 6) is 1.79. The predicted molar refractivity (Wildman–Crippen MR) is 97.9 cm³/mol. The second kappa shape index (κ2) is 8.13. The Morgan fingerprint density at radius 1 is 1.38 bits per heavy atom. The van der Waals surface area contributed by atoms with Gasteiger partial charge in [0.15, 0.2) is 5.82 Å². The molecule has 0 aromatic carbocycles. The van der Waals surface area contributed by atoms with Crippen LogP contribution in [0.3, 0.4) is 0 Å². The monoisotopic (exact) mass is 360 g/mol. The first-order valence-corrected chi connectivity index (χ1v) is 8.62. The molecule has 3 rings (SSSR count). The number of anilines is 2. The maximum absolute atomic E-state index is 12.2. The topological polar surface area (TPSA) is 85.6 Å². The molecule has 0 N–H and O–H groups in total. The van der Waals surface area contributed by atoms with Crippen LogP contribution in [0.1, 0.15) is 6.92 Å². The SMILES string of the molecule is CCOc1cc(N2CCOC(CN(C)c3nccn(C)c3=O)C2)ncn1. The van der Waals surface area contributed by atoms with E-state index in [1.165, 1.54) is 10.9 Å². The van der Waals surface area contributed by atoms with Crippen molar-refractivity contribution in [2.45, 2.75) is 13.0 Å². The van der Waals surface area contributed by atoms with E-state index in [0.29, 0.717) is 38.0 Å². The minimum Gasteiger partial charge on any atom is -0.478 e. The second-order valence-electron chi connectivity index (χ2n) is 6.13. The first kappa shape index (κ1) is 18.1. The maximum Gasteiger partial charge on any atom is 0.293 e. The molecule has 1 atom stereocenters. The summed E-state index contributed by atoms with van der Waals surface area (Å²) in [6.07, 6.45) is 4.71. The van der Waals surface area contributed by atoms with Crippen LogP contribution in [0, 0.1) is 0 Å². The van der Waals surface area contributed by atoms with Crippen LogP contribution >= 0.6 is 0 Å². The number of hydrogen-bond donors (Lipinski definition) is 0. The maximum atomic E-state index is 12.2. The molecule has 0 saturated carbocycles. The van der Waals surface area contributed by atoms with Gasteiger partial charge >= 0.3 is 0 Å². The van der Waals surface area contributed by atoms with E-state index in [0.717, 1.165) is 12.4 Å². The van der Waals surface area contributed by atoms with Crippen molar-refractivity contribution in [2.24, 2.45) is 7.05 Å². The summed E-state index contributed by atoms with van der Waals surface area (Å²) in [5, 5.41) is 0. The number of hydrogen-bond acceptors (Lipinski definition) is 8. The predicted octanol–water partition coefficient (Wildman–Crippen LogP) is 0.311. The Morgan fingerprint density at radius 3 is 3.04 bits per heavy atom. The van der Waals surface area contributed by atoms with Gasteiger partial charge in [-0.2, -0.15) is 0 Å². The van der Waals surface area contributed by atoms with E-state index in [1.807, 2.05) is 24.9 Å². The van der Waals surface area contributed by atoms with Gasteiger partial charge in [-0.25, -0.2) is 15.0 Å². The second-order valence-corrected chi connectivity index (χ2v) is 6.13. The first-order chi connectivity index (χ1) is 12.6. The lowest BCUT2D eigenvalue weighted by molar-refractivity contribution is 0.0455. The summed E-state index contributed by atoms with van der Waals surface area (Å²) in [4.78, 5) is 28.8.